The molecule has 0 aliphatic heterocycles. The molecule has 3 heteroatoms. The van der Waals surface area contributed by atoms with Gasteiger partial charge in [-0.2, -0.15) is 0 Å². The monoisotopic (exact) mass is 192 g/mol. The second-order valence-corrected chi connectivity index (χ2v) is 2.98. The topological polar surface area (TPSA) is 29.3 Å². The fraction of sp³-hybridized carbons (Fsp3) is 0.0909. The van der Waals surface area contributed by atoms with Crippen LogP contribution in [0.4, 0.5) is 10.1 Å². The molecule has 0 unspecified atom stereocenters. The largest absolute Gasteiger partial charge is 0.399 e. The molecule has 74 valence electrons. The third-order valence-corrected chi connectivity index (χ3v) is 1.75. The lowest BCUT2D eigenvalue weighted by molar-refractivity contribution is 0.628. The molecular formula is C11H13FN2. The minimum Gasteiger partial charge on any atom is -0.399 e. The Balaban J connectivity index is 2.74. The van der Waals surface area contributed by atoms with Gasteiger partial charge in [0, 0.05) is 24.6 Å². The number of nitrogens with two attached hydrogens (primary N) is 1. The van der Waals surface area contributed by atoms with Crippen LogP contribution in [-0.2, 0) is 0 Å². The Morgan fingerprint density at radius 2 is 2.00 bits per heavy atom. The zero-order valence-electron chi connectivity index (χ0n) is 8.07. The Kier molecular flexibility index (Phi) is 3.29. The molecule has 1 rings (SSSR count). The summed E-state index contributed by atoms with van der Waals surface area (Å²) in [6.07, 6.45) is 3.46. The third kappa shape index (κ3) is 2.94. The molecule has 0 heterocycles. The molecule has 0 saturated heterocycles. The Morgan fingerprint density at radius 1 is 1.43 bits per heavy atom. The van der Waals surface area contributed by atoms with Crippen molar-refractivity contribution in [3.05, 3.63) is 54.6 Å². The van der Waals surface area contributed by atoms with Crippen molar-refractivity contribution >= 4 is 5.69 Å². The van der Waals surface area contributed by atoms with E-state index >= 15 is 0 Å². The lowest BCUT2D eigenvalue weighted by Gasteiger charge is -2.13. The lowest BCUT2D eigenvalue weighted by atomic mass is 10.3. The molecule has 14 heavy (non-hydrogen) atoms. The fourth-order valence-electron chi connectivity index (χ4n) is 0.970. The Hall–Kier alpha value is -1.77. The van der Waals surface area contributed by atoms with Gasteiger partial charge >= 0.3 is 0 Å². The Labute approximate surface area is 83.1 Å². The first-order chi connectivity index (χ1) is 6.59. The van der Waals surface area contributed by atoms with Gasteiger partial charge in [0.15, 0.2) is 0 Å². The van der Waals surface area contributed by atoms with E-state index < -0.39 is 0 Å². The first-order valence-electron chi connectivity index (χ1n) is 4.20. The van der Waals surface area contributed by atoms with E-state index in [1.807, 2.05) is 11.9 Å². The normalized spacial score (nSPS) is 10.4. The van der Waals surface area contributed by atoms with Gasteiger partial charge in [0.2, 0.25) is 0 Å². The molecule has 0 radical (unpaired) electrons. The summed E-state index contributed by atoms with van der Waals surface area (Å²) < 4.78 is 12.6. The van der Waals surface area contributed by atoms with Crippen molar-refractivity contribution in [1.82, 2.24) is 0 Å². The predicted molar refractivity (Wildman–Crippen MR) is 57.3 cm³/mol. The second-order valence-electron chi connectivity index (χ2n) is 2.98. The van der Waals surface area contributed by atoms with Gasteiger partial charge in [0.1, 0.15) is 5.82 Å². The van der Waals surface area contributed by atoms with Gasteiger partial charge in [-0.25, -0.2) is 4.39 Å². The quantitative estimate of drug-likeness (QED) is 0.744. The average molecular weight is 192 g/mol. The van der Waals surface area contributed by atoms with Crippen molar-refractivity contribution in [2.75, 3.05) is 11.9 Å². The van der Waals surface area contributed by atoms with Gasteiger partial charge < -0.3 is 10.6 Å². The summed E-state index contributed by atoms with van der Waals surface area (Å²) in [4.78, 5) is 1.83. The van der Waals surface area contributed by atoms with Crippen LogP contribution in [0.2, 0.25) is 0 Å². The minimum atomic E-state index is -0.241. The van der Waals surface area contributed by atoms with Crippen molar-refractivity contribution in [3.8, 4) is 0 Å². The summed E-state index contributed by atoms with van der Waals surface area (Å²) in [6.45, 7) is 3.54. The molecule has 0 spiro atoms. The molecular weight excluding hydrogens is 179 g/mol. The van der Waals surface area contributed by atoms with E-state index in [2.05, 4.69) is 6.58 Å². The van der Waals surface area contributed by atoms with Crippen molar-refractivity contribution in [1.29, 1.82) is 0 Å². The Morgan fingerprint density at radius 3 is 2.50 bits per heavy atom. The van der Waals surface area contributed by atoms with E-state index in [-0.39, 0.29) is 5.82 Å². The number of hydrogen-bond acceptors (Lipinski definition) is 2. The molecule has 0 aliphatic carbocycles. The molecule has 0 fully saturated rings. The van der Waals surface area contributed by atoms with Crippen molar-refractivity contribution in [2.24, 2.45) is 5.73 Å². The minimum absolute atomic E-state index is 0.241. The van der Waals surface area contributed by atoms with Crippen molar-refractivity contribution in [2.45, 2.75) is 0 Å². The summed E-state index contributed by atoms with van der Waals surface area (Å²) >= 11 is 0. The zero-order chi connectivity index (χ0) is 10.6. The maximum atomic E-state index is 12.6. The number of allylic oxidation sites excluding steroid dienone is 1. The highest BCUT2D eigenvalue weighted by Crippen LogP contribution is 2.13. The number of anilines is 1. The van der Waals surface area contributed by atoms with Gasteiger partial charge in [-0.1, -0.05) is 6.58 Å². The van der Waals surface area contributed by atoms with Gasteiger partial charge in [0.05, 0.1) is 0 Å². The third-order valence-electron chi connectivity index (χ3n) is 1.75. The van der Waals surface area contributed by atoms with E-state index in [0.717, 1.165) is 5.69 Å². The molecule has 2 N–H and O–H groups in total. The molecule has 1 aromatic carbocycles. The number of rotatable bonds is 3. The van der Waals surface area contributed by atoms with Gasteiger partial charge in [0.25, 0.3) is 0 Å². The summed E-state index contributed by atoms with van der Waals surface area (Å²) in [7, 11) is 1.85. The highest BCUT2D eigenvalue weighted by molar-refractivity contribution is 5.48. The van der Waals surface area contributed by atoms with Crippen LogP contribution >= 0.6 is 0 Å². The van der Waals surface area contributed by atoms with Crippen LogP contribution in [0.3, 0.4) is 0 Å². The van der Waals surface area contributed by atoms with Crippen LogP contribution in [0.15, 0.2) is 48.8 Å². The molecule has 0 saturated carbocycles. The van der Waals surface area contributed by atoms with Gasteiger partial charge in [-0.3, -0.25) is 0 Å². The van der Waals surface area contributed by atoms with Crippen molar-refractivity contribution in [3.63, 3.8) is 0 Å². The SMILES string of the molecule is C=C(N)/C=C\N(C)c1ccc(F)cc1. The van der Waals surface area contributed by atoms with Crippen LogP contribution in [0.1, 0.15) is 0 Å². The molecule has 0 bridgehead atoms. The molecule has 0 amide bonds. The maximum absolute atomic E-state index is 12.6. The van der Waals surface area contributed by atoms with Crippen LogP contribution in [0, 0.1) is 5.82 Å². The molecule has 2 nitrogen and oxygen atoms in total. The maximum Gasteiger partial charge on any atom is 0.123 e. The number of benzene rings is 1. The smallest absolute Gasteiger partial charge is 0.123 e. The first kappa shape index (κ1) is 10.3. The highest BCUT2D eigenvalue weighted by atomic mass is 19.1. The molecule has 0 aromatic heterocycles. The lowest BCUT2D eigenvalue weighted by Crippen LogP contribution is -2.08. The number of hydrogen-bond donors (Lipinski definition) is 1. The van der Waals surface area contributed by atoms with E-state index in [9.17, 15) is 4.39 Å². The van der Waals surface area contributed by atoms with Crippen molar-refractivity contribution < 1.29 is 4.39 Å². The first-order valence-corrected chi connectivity index (χ1v) is 4.20. The van der Waals surface area contributed by atoms with Crippen LogP contribution in [-0.4, -0.2) is 7.05 Å². The van der Waals surface area contributed by atoms with Crippen LogP contribution < -0.4 is 10.6 Å². The average Bonchev–Trinajstić information content (AvgIpc) is 2.15. The molecule has 1 aromatic rings. The highest BCUT2D eigenvalue weighted by Gasteiger charge is 1.96. The number of halogens is 1. The Bertz CT molecular complexity index is 341. The van der Waals surface area contributed by atoms with Crippen LogP contribution in [0.25, 0.3) is 0 Å². The number of nitrogens with zero attached hydrogens (tertiary/aromatic N) is 1. The standard InChI is InChI=1S/C11H13FN2/c1-9(13)7-8-14(2)11-5-3-10(12)4-6-11/h3-8H,1,13H2,2H3/b8-7-. The van der Waals surface area contributed by atoms with E-state index in [4.69, 9.17) is 5.73 Å². The molecule has 0 atom stereocenters. The zero-order valence-corrected chi connectivity index (χ0v) is 8.07. The van der Waals surface area contributed by atoms with Crippen LogP contribution in [0.5, 0.6) is 0 Å². The molecule has 0 aliphatic rings. The van der Waals surface area contributed by atoms with E-state index in [1.165, 1.54) is 12.1 Å². The fourth-order valence-corrected chi connectivity index (χ4v) is 0.970. The van der Waals surface area contributed by atoms with E-state index in [1.54, 1.807) is 24.4 Å². The summed E-state index contributed by atoms with van der Waals surface area (Å²) in [6, 6.07) is 6.21. The predicted octanol–water partition coefficient (Wildman–Crippen LogP) is 2.25. The summed E-state index contributed by atoms with van der Waals surface area (Å²) in [5, 5.41) is 0. The summed E-state index contributed by atoms with van der Waals surface area (Å²) in [5.74, 6) is -0.241. The summed E-state index contributed by atoms with van der Waals surface area (Å²) in [5.41, 5.74) is 6.75. The van der Waals surface area contributed by atoms with Gasteiger partial charge in [-0.05, 0) is 30.3 Å². The van der Waals surface area contributed by atoms with Gasteiger partial charge in [-0.15, -0.1) is 0 Å². The second kappa shape index (κ2) is 4.46. The van der Waals surface area contributed by atoms with E-state index in [0.29, 0.717) is 5.70 Å².